The van der Waals surface area contributed by atoms with Crippen molar-refractivity contribution in [2.24, 2.45) is 5.73 Å². The Morgan fingerprint density at radius 3 is 2.14 bits per heavy atom. The summed E-state index contributed by atoms with van der Waals surface area (Å²) >= 11 is 0. The first-order chi connectivity index (χ1) is 10.0. The number of methoxy groups -OCH3 is 1. The Morgan fingerprint density at radius 1 is 1.29 bits per heavy atom. The Bertz CT molecular complexity index is 335. The summed E-state index contributed by atoms with van der Waals surface area (Å²) in [5, 5.41) is 0. The number of hydrogen-bond donors (Lipinski definition) is 1. The van der Waals surface area contributed by atoms with Gasteiger partial charge in [0.2, 0.25) is 0 Å². The molecule has 1 aromatic rings. The molecule has 21 heavy (non-hydrogen) atoms. The van der Waals surface area contributed by atoms with Crippen molar-refractivity contribution < 1.29 is 9.47 Å². The number of unbranched alkanes of at least 4 members (excludes halogenated alkanes) is 1. The largest absolute Gasteiger partial charge is 0.499 e. The second-order valence-corrected chi connectivity index (χ2v) is 4.36. The van der Waals surface area contributed by atoms with Gasteiger partial charge in [0, 0.05) is 6.54 Å². The van der Waals surface area contributed by atoms with Crippen molar-refractivity contribution in [2.45, 2.75) is 40.2 Å². The van der Waals surface area contributed by atoms with Crippen LogP contribution in [0.25, 0.3) is 0 Å². The first-order valence-electron chi connectivity index (χ1n) is 7.23. The summed E-state index contributed by atoms with van der Waals surface area (Å²) < 4.78 is 10.1. The molecular formula is C18H31NO2. The minimum atomic E-state index is 0.587. The standard InChI is InChI=1S/C8H11NO.C7H14O.C3H6/c1-10-8-4-2-7(6-9)3-5-8;1-4-5-6-8-7(2)3;1-3-2/h2-5H,6,9H2,1H3;2,4-6H2,1,3H3;3H,1H2,2H3. The number of benzene rings is 1. The van der Waals surface area contributed by atoms with E-state index in [0.29, 0.717) is 6.54 Å². The minimum Gasteiger partial charge on any atom is -0.499 e. The molecule has 0 aliphatic rings. The Balaban J connectivity index is 0. The molecule has 120 valence electrons. The molecule has 0 saturated heterocycles. The van der Waals surface area contributed by atoms with Crippen LogP contribution in [0.2, 0.25) is 0 Å². The van der Waals surface area contributed by atoms with Gasteiger partial charge in [-0.05, 0) is 38.0 Å². The molecule has 0 bridgehead atoms. The van der Waals surface area contributed by atoms with Crippen LogP contribution in [-0.4, -0.2) is 13.7 Å². The molecule has 2 N–H and O–H groups in total. The maximum absolute atomic E-state index is 5.40. The number of hydrogen-bond acceptors (Lipinski definition) is 3. The van der Waals surface area contributed by atoms with Crippen molar-refractivity contribution in [3.8, 4) is 5.75 Å². The van der Waals surface area contributed by atoms with Crippen molar-refractivity contribution in [2.75, 3.05) is 13.7 Å². The smallest absolute Gasteiger partial charge is 0.118 e. The number of allylic oxidation sites excluding steroid dienone is 2. The summed E-state index contributed by atoms with van der Waals surface area (Å²) in [6, 6.07) is 7.72. The quantitative estimate of drug-likeness (QED) is 0.470. The fourth-order valence-corrected chi connectivity index (χ4v) is 1.15. The van der Waals surface area contributed by atoms with Crippen molar-refractivity contribution in [3.63, 3.8) is 0 Å². The highest BCUT2D eigenvalue weighted by Crippen LogP contribution is 2.10. The third kappa shape index (κ3) is 16.2. The van der Waals surface area contributed by atoms with E-state index in [1.54, 1.807) is 13.2 Å². The summed E-state index contributed by atoms with van der Waals surface area (Å²) in [6.07, 6.45) is 4.07. The summed E-state index contributed by atoms with van der Waals surface area (Å²) in [4.78, 5) is 0. The van der Waals surface area contributed by atoms with E-state index in [1.807, 2.05) is 38.1 Å². The van der Waals surface area contributed by atoms with E-state index in [9.17, 15) is 0 Å². The molecule has 3 heteroatoms. The van der Waals surface area contributed by atoms with Gasteiger partial charge in [0.1, 0.15) is 5.75 Å². The van der Waals surface area contributed by atoms with E-state index < -0.39 is 0 Å². The molecular weight excluding hydrogens is 262 g/mol. The second-order valence-electron chi connectivity index (χ2n) is 4.36. The van der Waals surface area contributed by atoms with Crippen LogP contribution in [-0.2, 0) is 11.3 Å². The average molecular weight is 293 g/mol. The van der Waals surface area contributed by atoms with Crippen molar-refractivity contribution in [3.05, 3.63) is 54.8 Å². The SMILES string of the molecule is C=C(C)OCCCC.C=CC.COc1ccc(CN)cc1. The fraction of sp³-hybridized carbons (Fsp3) is 0.444. The maximum Gasteiger partial charge on any atom is 0.118 e. The van der Waals surface area contributed by atoms with Crippen molar-refractivity contribution in [1.82, 2.24) is 0 Å². The van der Waals surface area contributed by atoms with Gasteiger partial charge < -0.3 is 15.2 Å². The van der Waals surface area contributed by atoms with Crippen molar-refractivity contribution >= 4 is 0 Å². The maximum atomic E-state index is 5.40. The van der Waals surface area contributed by atoms with Crippen LogP contribution in [0.1, 0.15) is 39.2 Å². The van der Waals surface area contributed by atoms with E-state index >= 15 is 0 Å². The van der Waals surface area contributed by atoms with Gasteiger partial charge in [-0.3, -0.25) is 0 Å². The van der Waals surface area contributed by atoms with Gasteiger partial charge in [-0.1, -0.05) is 38.1 Å². The van der Waals surface area contributed by atoms with Crippen LogP contribution in [0.3, 0.4) is 0 Å². The predicted octanol–water partition coefficient (Wildman–Crippen LogP) is 4.68. The highest BCUT2D eigenvalue weighted by atomic mass is 16.5. The molecule has 0 atom stereocenters. The molecule has 0 aliphatic carbocycles. The van der Waals surface area contributed by atoms with Gasteiger partial charge in [0.25, 0.3) is 0 Å². The predicted molar refractivity (Wildman–Crippen MR) is 92.4 cm³/mol. The van der Waals surface area contributed by atoms with Crippen LogP contribution in [0.5, 0.6) is 5.75 Å². The van der Waals surface area contributed by atoms with Crippen molar-refractivity contribution in [1.29, 1.82) is 0 Å². The molecule has 0 fully saturated rings. The Kier molecular flexibility index (Phi) is 16.7. The van der Waals surface area contributed by atoms with Crippen LogP contribution in [0.4, 0.5) is 0 Å². The van der Waals surface area contributed by atoms with Gasteiger partial charge >= 0.3 is 0 Å². The Labute approximate surface area is 130 Å². The highest BCUT2D eigenvalue weighted by Gasteiger charge is 1.89. The normalized spacial score (nSPS) is 8.43. The summed E-state index contributed by atoms with van der Waals surface area (Å²) in [5.74, 6) is 1.69. The monoisotopic (exact) mass is 293 g/mol. The minimum absolute atomic E-state index is 0.587. The Hall–Kier alpha value is -1.74. The molecule has 0 saturated carbocycles. The lowest BCUT2D eigenvalue weighted by Gasteiger charge is -2.01. The average Bonchev–Trinajstić information content (AvgIpc) is 2.49. The second kappa shape index (κ2) is 16.3. The fourth-order valence-electron chi connectivity index (χ4n) is 1.15. The summed E-state index contributed by atoms with van der Waals surface area (Å²) in [6.45, 7) is 14.3. The van der Waals surface area contributed by atoms with E-state index in [4.69, 9.17) is 15.2 Å². The molecule has 3 nitrogen and oxygen atoms in total. The molecule has 0 aliphatic heterocycles. The van der Waals surface area contributed by atoms with Gasteiger partial charge in [-0.2, -0.15) is 0 Å². The highest BCUT2D eigenvalue weighted by molar-refractivity contribution is 5.26. The molecule has 0 amide bonds. The lowest BCUT2D eigenvalue weighted by molar-refractivity contribution is 0.211. The Morgan fingerprint density at radius 2 is 1.81 bits per heavy atom. The zero-order valence-corrected chi connectivity index (χ0v) is 14.0. The lowest BCUT2D eigenvalue weighted by atomic mass is 10.2. The first-order valence-corrected chi connectivity index (χ1v) is 7.23. The molecule has 0 radical (unpaired) electrons. The lowest BCUT2D eigenvalue weighted by Crippen LogP contribution is -1.95. The van der Waals surface area contributed by atoms with Gasteiger partial charge in [0.05, 0.1) is 19.5 Å². The third-order valence-corrected chi connectivity index (χ3v) is 2.24. The number of ether oxygens (including phenoxy) is 2. The third-order valence-electron chi connectivity index (χ3n) is 2.24. The van der Waals surface area contributed by atoms with Gasteiger partial charge in [-0.15, -0.1) is 6.58 Å². The molecule has 0 aromatic heterocycles. The summed E-state index contributed by atoms with van der Waals surface area (Å²) in [5.41, 5.74) is 6.53. The van der Waals surface area contributed by atoms with Crippen LogP contribution in [0.15, 0.2) is 49.3 Å². The van der Waals surface area contributed by atoms with E-state index in [-0.39, 0.29) is 0 Å². The van der Waals surface area contributed by atoms with Crippen LogP contribution in [0, 0.1) is 0 Å². The molecule has 1 aromatic carbocycles. The number of rotatable bonds is 6. The van der Waals surface area contributed by atoms with Gasteiger partial charge in [-0.25, -0.2) is 0 Å². The molecule has 0 heterocycles. The zero-order valence-electron chi connectivity index (χ0n) is 14.0. The molecule has 0 spiro atoms. The van der Waals surface area contributed by atoms with Crippen LogP contribution < -0.4 is 10.5 Å². The van der Waals surface area contributed by atoms with E-state index in [0.717, 1.165) is 30.1 Å². The van der Waals surface area contributed by atoms with Gasteiger partial charge in [0.15, 0.2) is 0 Å². The topological polar surface area (TPSA) is 44.5 Å². The van der Waals surface area contributed by atoms with Crippen LogP contribution >= 0.6 is 0 Å². The van der Waals surface area contributed by atoms with E-state index in [1.165, 1.54) is 6.42 Å². The zero-order chi connectivity index (χ0) is 16.5. The molecule has 1 rings (SSSR count). The summed E-state index contributed by atoms with van der Waals surface area (Å²) in [7, 11) is 1.65. The molecule has 0 unspecified atom stereocenters. The van der Waals surface area contributed by atoms with E-state index in [2.05, 4.69) is 20.1 Å². The number of nitrogens with two attached hydrogens (primary N) is 1. The first kappa shape index (κ1) is 21.6.